The second-order valence-corrected chi connectivity index (χ2v) is 7.87. The van der Waals surface area contributed by atoms with Gasteiger partial charge in [-0.25, -0.2) is 0 Å². The standard InChI is InChI=1S/C19H17N3O3S2/c23-7-1-6-22-10-12-8-11(2-4-14(12)18(22)25)16-5-3-13(27-16)9-15-17(24)21-19(26)20-15/h2-5,8-9,23H,1,6-7,10H2,(H2,20,21,24,26)/b15-9-. The van der Waals surface area contributed by atoms with Crippen molar-refractivity contribution in [3.63, 3.8) is 0 Å². The van der Waals surface area contributed by atoms with E-state index in [1.54, 1.807) is 22.3 Å². The van der Waals surface area contributed by atoms with Gasteiger partial charge in [-0.05, 0) is 60.1 Å². The van der Waals surface area contributed by atoms with E-state index in [-0.39, 0.29) is 18.4 Å². The van der Waals surface area contributed by atoms with E-state index in [0.717, 1.165) is 26.4 Å². The molecule has 3 N–H and O–H groups in total. The number of carbonyl (C=O) groups excluding carboxylic acids is 2. The van der Waals surface area contributed by atoms with Gasteiger partial charge in [0.15, 0.2) is 5.11 Å². The maximum absolute atomic E-state index is 12.4. The zero-order valence-corrected chi connectivity index (χ0v) is 16.0. The summed E-state index contributed by atoms with van der Waals surface area (Å²) in [6, 6.07) is 9.82. The fourth-order valence-electron chi connectivity index (χ4n) is 3.19. The van der Waals surface area contributed by atoms with Crippen molar-refractivity contribution >= 4 is 46.6 Å². The Balaban J connectivity index is 1.56. The van der Waals surface area contributed by atoms with Crippen LogP contribution in [0.5, 0.6) is 0 Å². The van der Waals surface area contributed by atoms with Crippen LogP contribution in [-0.2, 0) is 11.3 Å². The first-order valence-corrected chi connectivity index (χ1v) is 9.75. The van der Waals surface area contributed by atoms with Crippen LogP contribution in [0.2, 0.25) is 0 Å². The van der Waals surface area contributed by atoms with Crippen molar-refractivity contribution in [2.24, 2.45) is 0 Å². The highest BCUT2D eigenvalue weighted by Gasteiger charge is 2.27. The van der Waals surface area contributed by atoms with E-state index < -0.39 is 0 Å². The molecule has 1 aromatic carbocycles. The lowest BCUT2D eigenvalue weighted by Gasteiger charge is -2.13. The Hall–Kier alpha value is -2.55. The number of fused-ring (bicyclic) bond motifs is 1. The van der Waals surface area contributed by atoms with Gasteiger partial charge in [0.2, 0.25) is 0 Å². The topological polar surface area (TPSA) is 81.7 Å². The van der Waals surface area contributed by atoms with Crippen LogP contribution in [-0.4, -0.2) is 40.1 Å². The van der Waals surface area contributed by atoms with E-state index >= 15 is 0 Å². The summed E-state index contributed by atoms with van der Waals surface area (Å²) in [7, 11) is 0. The molecule has 2 aromatic rings. The quantitative estimate of drug-likeness (QED) is 0.530. The zero-order valence-electron chi connectivity index (χ0n) is 14.3. The Morgan fingerprint density at radius 1 is 1.22 bits per heavy atom. The first kappa shape index (κ1) is 17.8. The van der Waals surface area contributed by atoms with E-state index in [1.165, 1.54) is 0 Å². The minimum absolute atomic E-state index is 0.0240. The monoisotopic (exact) mass is 399 g/mol. The molecule has 0 unspecified atom stereocenters. The summed E-state index contributed by atoms with van der Waals surface area (Å²) in [5.74, 6) is -0.204. The summed E-state index contributed by atoms with van der Waals surface area (Å²) < 4.78 is 0. The van der Waals surface area contributed by atoms with Crippen molar-refractivity contribution in [2.45, 2.75) is 13.0 Å². The summed E-state index contributed by atoms with van der Waals surface area (Å²) in [5, 5.41) is 14.7. The third kappa shape index (κ3) is 3.51. The maximum Gasteiger partial charge on any atom is 0.273 e. The highest BCUT2D eigenvalue weighted by Crippen LogP contribution is 2.33. The Morgan fingerprint density at radius 3 is 2.81 bits per heavy atom. The molecule has 6 nitrogen and oxygen atoms in total. The number of nitrogens with zero attached hydrogens (tertiary/aromatic N) is 1. The summed E-state index contributed by atoms with van der Waals surface area (Å²) in [6.07, 6.45) is 2.36. The maximum atomic E-state index is 12.4. The fourth-order valence-corrected chi connectivity index (χ4v) is 4.34. The smallest absolute Gasteiger partial charge is 0.273 e. The van der Waals surface area contributed by atoms with E-state index in [4.69, 9.17) is 17.3 Å². The molecule has 3 heterocycles. The van der Waals surface area contributed by atoms with Crippen molar-refractivity contribution in [3.8, 4) is 10.4 Å². The van der Waals surface area contributed by atoms with Gasteiger partial charge in [-0.2, -0.15) is 0 Å². The minimum atomic E-state index is -0.228. The molecule has 1 fully saturated rings. The van der Waals surface area contributed by atoms with Crippen molar-refractivity contribution in [1.82, 2.24) is 15.5 Å². The summed E-state index contributed by atoms with van der Waals surface area (Å²) in [4.78, 5) is 27.9. The van der Waals surface area contributed by atoms with E-state index in [2.05, 4.69) is 10.6 Å². The number of thiophene rings is 1. The van der Waals surface area contributed by atoms with Gasteiger partial charge in [-0.3, -0.25) is 14.9 Å². The summed E-state index contributed by atoms with van der Waals surface area (Å²) in [6.45, 7) is 1.22. The Labute approximate surface area is 165 Å². The molecule has 0 aliphatic carbocycles. The number of benzene rings is 1. The number of hydrogen-bond acceptors (Lipinski definition) is 5. The van der Waals surface area contributed by atoms with Gasteiger partial charge < -0.3 is 15.3 Å². The van der Waals surface area contributed by atoms with Crippen molar-refractivity contribution in [1.29, 1.82) is 0 Å². The molecule has 0 atom stereocenters. The van der Waals surface area contributed by atoms with Crippen molar-refractivity contribution < 1.29 is 14.7 Å². The molecule has 27 heavy (non-hydrogen) atoms. The summed E-state index contributed by atoms with van der Waals surface area (Å²) in [5.41, 5.74) is 3.22. The van der Waals surface area contributed by atoms with Crippen LogP contribution in [0.4, 0.5) is 0 Å². The summed E-state index contributed by atoms with van der Waals surface area (Å²) >= 11 is 6.50. The van der Waals surface area contributed by atoms with Gasteiger partial charge >= 0.3 is 0 Å². The molecular formula is C19H17N3O3S2. The predicted octanol–water partition coefficient (Wildman–Crippen LogP) is 2.10. The van der Waals surface area contributed by atoms with Crippen LogP contribution in [0.3, 0.4) is 0 Å². The third-order valence-corrected chi connectivity index (χ3v) is 5.77. The molecule has 0 bridgehead atoms. The van der Waals surface area contributed by atoms with Gasteiger partial charge in [0.1, 0.15) is 5.70 Å². The predicted molar refractivity (Wildman–Crippen MR) is 108 cm³/mol. The van der Waals surface area contributed by atoms with Gasteiger partial charge in [0.25, 0.3) is 11.8 Å². The second kappa shape index (κ2) is 7.22. The average molecular weight is 399 g/mol. The SMILES string of the molecule is O=C1NC(=S)N/C1=C\c1ccc(-c2ccc3c(c2)CN(CCCO)C3=O)s1. The minimum Gasteiger partial charge on any atom is -0.396 e. The molecule has 138 valence electrons. The van der Waals surface area contributed by atoms with Crippen LogP contribution in [0.1, 0.15) is 27.2 Å². The van der Waals surface area contributed by atoms with Crippen LogP contribution in [0.15, 0.2) is 36.0 Å². The van der Waals surface area contributed by atoms with Crippen LogP contribution in [0, 0.1) is 0 Å². The molecule has 2 aliphatic rings. The first-order chi connectivity index (χ1) is 13.0. The number of carbonyl (C=O) groups is 2. The molecule has 1 aromatic heterocycles. The van der Waals surface area contributed by atoms with E-state index in [9.17, 15) is 9.59 Å². The number of rotatable bonds is 5. The van der Waals surface area contributed by atoms with E-state index in [1.807, 2.05) is 30.3 Å². The highest BCUT2D eigenvalue weighted by atomic mass is 32.1. The highest BCUT2D eigenvalue weighted by molar-refractivity contribution is 7.80. The molecule has 2 aliphatic heterocycles. The van der Waals surface area contributed by atoms with Crippen LogP contribution < -0.4 is 10.6 Å². The van der Waals surface area contributed by atoms with Gasteiger partial charge in [0.05, 0.1) is 0 Å². The van der Waals surface area contributed by atoms with Gasteiger partial charge in [-0.15, -0.1) is 11.3 Å². The lowest BCUT2D eigenvalue weighted by atomic mass is 10.1. The molecular weight excluding hydrogens is 382 g/mol. The Bertz CT molecular complexity index is 980. The number of thiocarbonyl (C=S) groups is 1. The number of hydrogen-bond donors (Lipinski definition) is 3. The largest absolute Gasteiger partial charge is 0.396 e. The molecule has 0 radical (unpaired) electrons. The first-order valence-electron chi connectivity index (χ1n) is 8.52. The molecule has 8 heteroatoms. The number of aliphatic hydroxyl groups excluding tert-OH is 1. The normalized spacial score (nSPS) is 17.4. The van der Waals surface area contributed by atoms with Crippen LogP contribution >= 0.6 is 23.6 Å². The van der Waals surface area contributed by atoms with Crippen molar-refractivity contribution in [2.75, 3.05) is 13.2 Å². The third-order valence-electron chi connectivity index (χ3n) is 4.49. The lowest BCUT2D eigenvalue weighted by Crippen LogP contribution is -2.25. The second-order valence-electron chi connectivity index (χ2n) is 6.34. The average Bonchev–Trinajstić information content (AvgIpc) is 3.32. The van der Waals surface area contributed by atoms with E-state index in [0.29, 0.717) is 30.3 Å². The number of aliphatic hydroxyl groups is 1. The van der Waals surface area contributed by atoms with Gasteiger partial charge in [0, 0.05) is 35.0 Å². The fraction of sp³-hybridized carbons (Fsp3) is 0.211. The Morgan fingerprint density at radius 2 is 2.07 bits per heavy atom. The van der Waals surface area contributed by atoms with Crippen LogP contribution in [0.25, 0.3) is 16.5 Å². The Kier molecular flexibility index (Phi) is 4.77. The molecule has 0 saturated carbocycles. The molecule has 4 rings (SSSR count). The van der Waals surface area contributed by atoms with Crippen molar-refractivity contribution in [3.05, 3.63) is 52.0 Å². The molecule has 2 amide bonds. The number of amides is 2. The zero-order chi connectivity index (χ0) is 19.0. The molecule has 1 saturated heterocycles. The van der Waals surface area contributed by atoms with Gasteiger partial charge in [-0.1, -0.05) is 6.07 Å². The lowest BCUT2D eigenvalue weighted by molar-refractivity contribution is -0.115. The number of nitrogens with one attached hydrogen (secondary N) is 2. The molecule has 0 spiro atoms.